The summed E-state index contributed by atoms with van der Waals surface area (Å²) in [4.78, 5) is 16.8. The van der Waals surface area contributed by atoms with Crippen molar-refractivity contribution in [3.63, 3.8) is 0 Å². The molecule has 0 spiro atoms. The Labute approximate surface area is 218 Å². The van der Waals surface area contributed by atoms with E-state index in [0.29, 0.717) is 19.7 Å². The summed E-state index contributed by atoms with van der Waals surface area (Å²) in [7, 11) is 1.70. The Morgan fingerprint density at radius 1 is 1.03 bits per heavy atom. The predicted octanol–water partition coefficient (Wildman–Crippen LogP) is 5.96. The van der Waals surface area contributed by atoms with Crippen molar-refractivity contribution in [2.75, 3.05) is 33.3 Å². The fourth-order valence-electron chi connectivity index (χ4n) is 4.69. The predicted molar refractivity (Wildman–Crippen MR) is 139 cm³/mol. The first kappa shape index (κ1) is 25.5. The molecule has 2 aliphatic rings. The molecule has 1 saturated heterocycles. The number of carbonyl (C=O) groups excluding carboxylic acids is 1. The average molecular weight is 596 g/mol. The molecular formula is C26H32Br2N2O4. The number of piperazine rings is 1. The van der Waals surface area contributed by atoms with Crippen LogP contribution in [0, 0.1) is 0 Å². The van der Waals surface area contributed by atoms with Gasteiger partial charge in [-0.2, -0.15) is 0 Å². The first-order valence-corrected chi connectivity index (χ1v) is 13.2. The molecule has 0 saturated carbocycles. The van der Waals surface area contributed by atoms with E-state index in [2.05, 4.69) is 61.0 Å². The average Bonchev–Trinajstić information content (AvgIpc) is 3.13. The molecule has 0 bridgehead atoms. The normalized spacial score (nSPS) is 20.8. The maximum absolute atomic E-state index is 12.5. The number of rotatable bonds is 5. The molecular weight excluding hydrogens is 564 g/mol. The third-order valence-electron chi connectivity index (χ3n) is 6.19. The van der Waals surface area contributed by atoms with Gasteiger partial charge in [0.1, 0.15) is 11.4 Å². The fraction of sp³-hybridized carbons (Fsp3) is 0.500. The van der Waals surface area contributed by atoms with Gasteiger partial charge in [0.15, 0.2) is 0 Å². The Morgan fingerprint density at radius 3 is 2.32 bits per heavy atom. The molecule has 1 heterocycles. The number of hydrogen-bond acceptors (Lipinski definition) is 5. The Balaban J connectivity index is 1.49. The van der Waals surface area contributed by atoms with Crippen molar-refractivity contribution in [2.45, 2.75) is 51.5 Å². The van der Waals surface area contributed by atoms with E-state index in [-0.39, 0.29) is 18.2 Å². The zero-order valence-electron chi connectivity index (χ0n) is 20.1. The minimum absolute atomic E-state index is 0.0212. The van der Waals surface area contributed by atoms with E-state index >= 15 is 0 Å². The summed E-state index contributed by atoms with van der Waals surface area (Å²) in [5.74, 6) is 0.865. The van der Waals surface area contributed by atoms with E-state index in [9.17, 15) is 4.79 Å². The third kappa shape index (κ3) is 6.14. The molecule has 184 valence electrons. The number of fused-ring (bicyclic) bond motifs is 1. The molecule has 4 rings (SSSR count). The highest BCUT2D eigenvalue weighted by molar-refractivity contribution is 9.11. The maximum Gasteiger partial charge on any atom is 0.410 e. The van der Waals surface area contributed by atoms with E-state index in [1.54, 1.807) is 12.0 Å². The highest BCUT2D eigenvalue weighted by Gasteiger charge is 2.39. The van der Waals surface area contributed by atoms with Crippen molar-refractivity contribution < 1.29 is 19.0 Å². The van der Waals surface area contributed by atoms with Crippen molar-refractivity contribution in [3.8, 4) is 5.75 Å². The molecule has 0 N–H and O–H groups in total. The minimum Gasteiger partial charge on any atom is -0.497 e. The number of halogens is 2. The molecule has 2 atom stereocenters. The summed E-state index contributed by atoms with van der Waals surface area (Å²) < 4.78 is 19.6. The zero-order valence-corrected chi connectivity index (χ0v) is 23.3. The number of amides is 1. The standard InChI is InChI=1S/C26H32Br2N2O4/c1-26(2,3)34-25(31)30-9-7-29(8-10-30)24-22-6-5-21(32-4)13-18(22)14-23(24)33-16-17-11-19(27)15-20(28)12-17/h5-6,11-13,15,23-24H,7-10,14,16H2,1-4H3. The first-order chi connectivity index (χ1) is 16.1. The van der Waals surface area contributed by atoms with Crippen molar-refractivity contribution in [1.82, 2.24) is 9.80 Å². The first-order valence-electron chi connectivity index (χ1n) is 11.6. The smallest absolute Gasteiger partial charge is 0.410 e. The molecule has 8 heteroatoms. The van der Waals surface area contributed by atoms with E-state index < -0.39 is 5.60 Å². The van der Waals surface area contributed by atoms with Crippen LogP contribution in [-0.2, 0) is 22.5 Å². The van der Waals surface area contributed by atoms with Gasteiger partial charge in [0.25, 0.3) is 0 Å². The minimum atomic E-state index is -0.488. The summed E-state index contributed by atoms with van der Waals surface area (Å²) >= 11 is 7.13. The van der Waals surface area contributed by atoms with Crippen LogP contribution in [0.3, 0.4) is 0 Å². The summed E-state index contributed by atoms with van der Waals surface area (Å²) in [6, 6.07) is 12.6. The number of ether oxygens (including phenoxy) is 3. The number of methoxy groups -OCH3 is 1. The Hall–Kier alpha value is -1.61. The van der Waals surface area contributed by atoms with Crippen molar-refractivity contribution in [3.05, 3.63) is 62.0 Å². The molecule has 1 aliphatic carbocycles. The monoisotopic (exact) mass is 594 g/mol. The lowest BCUT2D eigenvalue weighted by Crippen LogP contribution is -2.52. The summed E-state index contributed by atoms with van der Waals surface area (Å²) in [6.07, 6.45) is 0.614. The van der Waals surface area contributed by atoms with Crippen molar-refractivity contribution >= 4 is 38.0 Å². The van der Waals surface area contributed by atoms with Gasteiger partial charge in [-0.25, -0.2) is 4.79 Å². The van der Waals surface area contributed by atoms with Crippen LogP contribution in [0.1, 0.15) is 43.5 Å². The van der Waals surface area contributed by atoms with Gasteiger partial charge in [0.05, 0.1) is 25.9 Å². The molecule has 2 aromatic carbocycles. The summed E-state index contributed by atoms with van der Waals surface area (Å²) in [5, 5.41) is 0. The van der Waals surface area contributed by atoms with Crippen LogP contribution in [-0.4, -0.2) is 60.9 Å². The number of benzene rings is 2. The van der Waals surface area contributed by atoms with Gasteiger partial charge in [-0.1, -0.05) is 37.9 Å². The molecule has 2 unspecified atom stereocenters. The highest BCUT2D eigenvalue weighted by Crippen LogP contribution is 2.40. The topological polar surface area (TPSA) is 51.2 Å². The number of hydrogen-bond donors (Lipinski definition) is 0. The van der Waals surface area contributed by atoms with Crippen LogP contribution < -0.4 is 4.74 Å². The molecule has 1 fully saturated rings. The van der Waals surface area contributed by atoms with E-state index in [1.807, 2.05) is 32.9 Å². The maximum atomic E-state index is 12.5. The molecule has 2 aromatic rings. The van der Waals surface area contributed by atoms with Gasteiger partial charge < -0.3 is 19.1 Å². The lowest BCUT2D eigenvalue weighted by Gasteiger charge is -2.40. The Bertz CT molecular complexity index is 1010. The van der Waals surface area contributed by atoms with Gasteiger partial charge in [-0.3, -0.25) is 4.90 Å². The molecule has 6 nitrogen and oxygen atoms in total. The second kappa shape index (κ2) is 10.6. The molecule has 1 amide bonds. The number of nitrogens with zero attached hydrogens (tertiary/aromatic N) is 2. The zero-order chi connectivity index (χ0) is 24.5. The van der Waals surface area contributed by atoms with Crippen LogP contribution in [0.5, 0.6) is 5.75 Å². The SMILES string of the molecule is COc1ccc2c(c1)CC(OCc1cc(Br)cc(Br)c1)C2N1CCN(C(=O)OC(C)(C)C)CC1. The van der Waals surface area contributed by atoms with Crippen LogP contribution in [0.2, 0.25) is 0 Å². The molecule has 34 heavy (non-hydrogen) atoms. The van der Waals surface area contributed by atoms with Crippen LogP contribution in [0.15, 0.2) is 45.3 Å². The van der Waals surface area contributed by atoms with Gasteiger partial charge in [-0.15, -0.1) is 0 Å². The van der Waals surface area contributed by atoms with E-state index in [4.69, 9.17) is 14.2 Å². The third-order valence-corrected chi connectivity index (χ3v) is 7.10. The van der Waals surface area contributed by atoms with Crippen LogP contribution in [0.25, 0.3) is 0 Å². The molecule has 0 aromatic heterocycles. The van der Waals surface area contributed by atoms with Gasteiger partial charge >= 0.3 is 6.09 Å². The summed E-state index contributed by atoms with van der Waals surface area (Å²) in [6.45, 7) is 9.06. The van der Waals surface area contributed by atoms with Gasteiger partial charge in [0.2, 0.25) is 0 Å². The lowest BCUT2D eigenvalue weighted by molar-refractivity contribution is -0.0330. The van der Waals surface area contributed by atoms with Crippen molar-refractivity contribution in [2.24, 2.45) is 0 Å². The van der Waals surface area contributed by atoms with Gasteiger partial charge in [0, 0.05) is 41.5 Å². The van der Waals surface area contributed by atoms with Crippen molar-refractivity contribution in [1.29, 1.82) is 0 Å². The molecule has 0 radical (unpaired) electrons. The van der Waals surface area contributed by atoms with E-state index in [1.165, 1.54) is 11.1 Å². The summed E-state index contributed by atoms with van der Waals surface area (Å²) in [5.41, 5.74) is 3.17. The second-order valence-electron chi connectivity index (χ2n) is 9.84. The number of carbonyl (C=O) groups is 1. The quantitative estimate of drug-likeness (QED) is 0.427. The van der Waals surface area contributed by atoms with Gasteiger partial charge in [-0.05, 0) is 67.8 Å². The molecule has 1 aliphatic heterocycles. The highest BCUT2D eigenvalue weighted by atomic mass is 79.9. The Kier molecular flexibility index (Phi) is 7.92. The second-order valence-corrected chi connectivity index (χ2v) is 11.7. The largest absolute Gasteiger partial charge is 0.497 e. The van der Waals surface area contributed by atoms with Crippen LogP contribution >= 0.6 is 31.9 Å². The van der Waals surface area contributed by atoms with Crippen LogP contribution in [0.4, 0.5) is 4.79 Å². The fourth-order valence-corrected chi connectivity index (χ4v) is 6.08. The Morgan fingerprint density at radius 2 is 1.71 bits per heavy atom. The van der Waals surface area contributed by atoms with E-state index in [0.717, 1.165) is 39.8 Å². The lowest BCUT2D eigenvalue weighted by atomic mass is 10.0.